The van der Waals surface area contributed by atoms with Crippen LogP contribution in [-0.2, 0) is 4.74 Å². The Kier molecular flexibility index (Phi) is 6.36. The van der Waals surface area contributed by atoms with Crippen LogP contribution < -0.4 is 5.32 Å². The van der Waals surface area contributed by atoms with Crippen LogP contribution in [0.1, 0.15) is 44.8 Å². The van der Waals surface area contributed by atoms with Crippen molar-refractivity contribution in [1.82, 2.24) is 19.7 Å². The summed E-state index contributed by atoms with van der Waals surface area (Å²) in [6.07, 6.45) is 8.16. The van der Waals surface area contributed by atoms with Crippen LogP contribution in [0.4, 0.5) is 5.82 Å². The molecule has 1 aliphatic heterocycles. The molecule has 11 heteroatoms. The van der Waals surface area contributed by atoms with Gasteiger partial charge in [0.15, 0.2) is 20.3 Å². The molecule has 1 aliphatic carbocycles. The summed E-state index contributed by atoms with van der Waals surface area (Å²) in [5.41, 5.74) is 1.03. The number of thioether (sulfide) groups is 1. The lowest BCUT2D eigenvalue weighted by Crippen LogP contribution is -2.17. The van der Waals surface area contributed by atoms with Crippen molar-refractivity contribution in [1.29, 1.82) is 0 Å². The molecule has 2 aromatic rings. The van der Waals surface area contributed by atoms with Gasteiger partial charge >= 0.3 is 0 Å². The zero-order valence-corrected chi connectivity index (χ0v) is 17.3. The summed E-state index contributed by atoms with van der Waals surface area (Å²) in [4.78, 5) is 26.8. The fraction of sp³-hybridized carbons (Fsp3) is 0.688. The summed E-state index contributed by atoms with van der Waals surface area (Å²) < 4.78 is 7.90. The summed E-state index contributed by atoms with van der Waals surface area (Å²) in [6.45, 7) is 0. The van der Waals surface area contributed by atoms with Gasteiger partial charge < -0.3 is 19.8 Å². The summed E-state index contributed by atoms with van der Waals surface area (Å²) >= 11 is 7.68. The van der Waals surface area contributed by atoms with E-state index in [9.17, 15) is 0 Å². The van der Waals surface area contributed by atoms with Crippen molar-refractivity contribution in [2.24, 2.45) is 0 Å². The fourth-order valence-corrected chi connectivity index (χ4v) is 5.49. The molecule has 2 atom stereocenters. The number of halogens is 1. The lowest BCUT2D eigenvalue weighted by atomic mass is 10.2. The van der Waals surface area contributed by atoms with Crippen molar-refractivity contribution < 1.29 is 14.5 Å². The molecule has 2 aromatic heterocycles. The van der Waals surface area contributed by atoms with Crippen LogP contribution >= 0.6 is 31.7 Å². The Balaban J connectivity index is 1.49. The molecule has 0 radical (unpaired) electrons. The van der Waals surface area contributed by atoms with Gasteiger partial charge in [-0.05, 0) is 37.3 Å². The predicted octanol–water partition coefficient (Wildman–Crippen LogP) is 3.50. The van der Waals surface area contributed by atoms with E-state index in [0.717, 1.165) is 42.6 Å². The number of aromatic nitrogens is 4. The number of rotatable bonds is 7. The van der Waals surface area contributed by atoms with Gasteiger partial charge in [-0.15, -0.1) is 11.8 Å². The molecule has 8 nitrogen and oxygen atoms in total. The molecule has 148 valence electrons. The van der Waals surface area contributed by atoms with Crippen LogP contribution in [0.2, 0.25) is 5.28 Å². The van der Waals surface area contributed by atoms with Crippen molar-refractivity contribution in [3.05, 3.63) is 11.5 Å². The number of anilines is 1. The van der Waals surface area contributed by atoms with Gasteiger partial charge in [0.1, 0.15) is 5.82 Å². The molecule has 2 fully saturated rings. The SMILES string of the molecule is OP(O)CSCC1CCC(n2ncc3c(NC4CCCC4)nc(Cl)nc32)O1. The smallest absolute Gasteiger partial charge is 0.226 e. The molecular formula is C16H23ClN5O3PS. The highest BCUT2D eigenvalue weighted by Gasteiger charge is 2.29. The molecule has 2 unspecified atom stereocenters. The Hall–Kier alpha value is -0.700. The number of nitrogens with one attached hydrogen (secondary N) is 1. The third kappa shape index (κ3) is 4.66. The van der Waals surface area contributed by atoms with Crippen LogP contribution in [0.15, 0.2) is 6.20 Å². The minimum Gasteiger partial charge on any atom is -0.367 e. The quantitative estimate of drug-likeness (QED) is 0.452. The Bertz CT molecular complexity index is 789. The molecule has 0 amide bonds. The highest BCUT2D eigenvalue weighted by Crippen LogP contribution is 2.35. The van der Waals surface area contributed by atoms with Crippen molar-refractivity contribution in [3.63, 3.8) is 0 Å². The van der Waals surface area contributed by atoms with Crippen LogP contribution in [0.25, 0.3) is 11.0 Å². The minimum atomic E-state index is -1.85. The maximum absolute atomic E-state index is 9.01. The first-order valence-corrected chi connectivity index (χ1v) is 12.1. The van der Waals surface area contributed by atoms with Gasteiger partial charge in [-0.1, -0.05) is 12.8 Å². The van der Waals surface area contributed by atoms with Gasteiger partial charge in [0, 0.05) is 11.8 Å². The standard InChI is InChI=1S/C16H23ClN5O3PS/c17-16-20-14(19-10-3-1-2-4-10)12-7-18-22(15(12)21-16)13-6-5-11(25-13)8-27-9-26(23)24/h7,10-11,13,23-24H,1-6,8-9H2,(H,19,20,21). The van der Waals surface area contributed by atoms with Crippen LogP contribution in [0.3, 0.4) is 0 Å². The average Bonchev–Trinajstić information content (AvgIpc) is 3.34. The lowest BCUT2D eigenvalue weighted by molar-refractivity contribution is 0.00787. The molecule has 4 rings (SSSR count). The summed E-state index contributed by atoms with van der Waals surface area (Å²) in [7, 11) is -1.85. The molecule has 2 aliphatic rings. The molecule has 3 heterocycles. The maximum Gasteiger partial charge on any atom is 0.226 e. The number of nitrogens with zero attached hydrogens (tertiary/aromatic N) is 4. The van der Waals surface area contributed by atoms with Gasteiger partial charge in [0.05, 0.1) is 23.2 Å². The van der Waals surface area contributed by atoms with Crippen molar-refractivity contribution in [3.8, 4) is 0 Å². The molecule has 3 N–H and O–H groups in total. The Morgan fingerprint density at radius 1 is 1.26 bits per heavy atom. The largest absolute Gasteiger partial charge is 0.367 e. The predicted molar refractivity (Wildman–Crippen MR) is 108 cm³/mol. The Morgan fingerprint density at radius 2 is 2.07 bits per heavy atom. The van der Waals surface area contributed by atoms with Gasteiger partial charge in [0.2, 0.25) is 5.28 Å². The molecule has 0 bridgehead atoms. The van der Waals surface area contributed by atoms with Crippen molar-refractivity contribution >= 4 is 48.6 Å². The second-order valence-electron chi connectivity index (χ2n) is 6.96. The first kappa shape index (κ1) is 19.6. The van der Waals surface area contributed by atoms with Crippen molar-refractivity contribution in [2.45, 2.75) is 56.9 Å². The zero-order chi connectivity index (χ0) is 18.8. The first-order valence-electron chi connectivity index (χ1n) is 9.16. The second-order valence-corrected chi connectivity index (χ2v) is 9.81. The van der Waals surface area contributed by atoms with E-state index >= 15 is 0 Å². The van der Waals surface area contributed by atoms with E-state index in [0.29, 0.717) is 17.2 Å². The maximum atomic E-state index is 9.01. The summed E-state index contributed by atoms with van der Waals surface area (Å²) in [5.74, 6) is 1.48. The second kappa shape index (κ2) is 8.76. The molecule has 0 spiro atoms. The third-order valence-corrected chi connectivity index (χ3v) is 7.42. The molecule has 1 saturated heterocycles. The lowest BCUT2D eigenvalue weighted by Gasteiger charge is -2.16. The highest BCUT2D eigenvalue weighted by molar-refractivity contribution is 8.03. The number of fused-ring (bicyclic) bond motifs is 1. The summed E-state index contributed by atoms with van der Waals surface area (Å²) in [5, 5.41) is 9.06. The van der Waals surface area contributed by atoms with E-state index in [1.165, 1.54) is 24.6 Å². The van der Waals surface area contributed by atoms with Gasteiger partial charge in [-0.2, -0.15) is 15.1 Å². The van der Waals surface area contributed by atoms with E-state index in [2.05, 4.69) is 20.4 Å². The van der Waals surface area contributed by atoms with Crippen LogP contribution in [-0.4, -0.2) is 52.9 Å². The van der Waals surface area contributed by atoms with E-state index in [4.69, 9.17) is 26.1 Å². The fourth-order valence-electron chi connectivity index (χ4n) is 3.74. The summed E-state index contributed by atoms with van der Waals surface area (Å²) in [6, 6.07) is 0.426. The van der Waals surface area contributed by atoms with Gasteiger partial charge in [0.25, 0.3) is 0 Å². The van der Waals surface area contributed by atoms with E-state index in [1.807, 2.05) is 0 Å². The van der Waals surface area contributed by atoms with E-state index in [-0.39, 0.29) is 17.6 Å². The average molecular weight is 432 g/mol. The molecular weight excluding hydrogens is 409 g/mol. The highest BCUT2D eigenvalue weighted by atomic mass is 35.5. The first-order chi connectivity index (χ1) is 13.1. The molecule has 0 aromatic carbocycles. The topological polar surface area (TPSA) is 105 Å². The normalized spacial score (nSPS) is 23.7. The molecule has 27 heavy (non-hydrogen) atoms. The van der Waals surface area contributed by atoms with Gasteiger partial charge in [-0.3, -0.25) is 0 Å². The number of hydrogen-bond donors (Lipinski definition) is 3. The van der Waals surface area contributed by atoms with Crippen LogP contribution in [0, 0.1) is 0 Å². The Labute approximate surface area is 168 Å². The zero-order valence-electron chi connectivity index (χ0n) is 14.8. The van der Waals surface area contributed by atoms with E-state index < -0.39 is 8.38 Å². The van der Waals surface area contributed by atoms with Crippen molar-refractivity contribution in [2.75, 3.05) is 16.6 Å². The number of ether oxygens (including phenoxy) is 1. The van der Waals surface area contributed by atoms with Gasteiger partial charge in [-0.25, -0.2) is 4.68 Å². The van der Waals surface area contributed by atoms with E-state index in [1.54, 1.807) is 10.9 Å². The third-order valence-electron chi connectivity index (χ3n) is 4.99. The number of hydrogen-bond acceptors (Lipinski definition) is 8. The Morgan fingerprint density at radius 3 is 2.85 bits per heavy atom. The minimum absolute atomic E-state index is 0.0718. The molecule has 1 saturated carbocycles. The monoisotopic (exact) mass is 431 g/mol. The van der Waals surface area contributed by atoms with Crippen LogP contribution in [0.5, 0.6) is 0 Å².